The molecule has 0 aromatic heterocycles. The molecule has 0 aromatic carbocycles. The van der Waals surface area contributed by atoms with Gasteiger partial charge in [-0.15, -0.1) is 0 Å². The topological polar surface area (TPSA) is 75.6 Å². The fourth-order valence-electron chi connectivity index (χ4n) is 1.47. The zero-order chi connectivity index (χ0) is 15.2. The molecule has 0 spiro atoms. The summed E-state index contributed by atoms with van der Waals surface area (Å²) in [4.78, 5) is 22.7. The van der Waals surface area contributed by atoms with Crippen LogP contribution in [0.3, 0.4) is 0 Å². The summed E-state index contributed by atoms with van der Waals surface area (Å²) in [5.74, 6) is -0.111. The number of rotatable bonds is 6. The number of aliphatic carboxylic acids is 1. The van der Waals surface area contributed by atoms with Crippen LogP contribution in [0.25, 0.3) is 0 Å². The van der Waals surface area contributed by atoms with E-state index in [1.54, 1.807) is 20.8 Å². The van der Waals surface area contributed by atoms with E-state index in [0.717, 1.165) is 6.42 Å². The van der Waals surface area contributed by atoms with Gasteiger partial charge in [-0.05, 0) is 45.4 Å². The minimum atomic E-state index is -1.03. The van der Waals surface area contributed by atoms with Crippen molar-refractivity contribution in [2.24, 2.45) is 11.8 Å². The van der Waals surface area contributed by atoms with Gasteiger partial charge in [-0.25, -0.2) is 9.59 Å². The highest BCUT2D eigenvalue weighted by Crippen LogP contribution is 2.17. The zero-order valence-electron chi connectivity index (χ0n) is 12.8. The largest absolute Gasteiger partial charge is 0.480 e. The standard InChI is InChI=1S/C14H27NO4/c1-9(2)10(3)7-8-11(12(16)17)15-13(18)19-14(4,5)6/h9-11H,7-8H2,1-6H3,(H,15,18)(H,16,17)/t10-,11-/m0/s1. The van der Waals surface area contributed by atoms with Crippen LogP contribution < -0.4 is 5.32 Å². The Labute approximate surface area is 115 Å². The van der Waals surface area contributed by atoms with Crippen molar-refractivity contribution in [2.45, 2.75) is 66.0 Å². The SMILES string of the molecule is CC(C)[C@@H](C)CC[C@H](NC(=O)OC(C)(C)C)C(=O)O. The summed E-state index contributed by atoms with van der Waals surface area (Å²) in [7, 11) is 0. The molecule has 0 radical (unpaired) electrons. The number of ether oxygens (including phenoxy) is 1. The third-order valence-electron chi connectivity index (χ3n) is 3.04. The van der Waals surface area contributed by atoms with Crippen molar-refractivity contribution in [1.82, 2.24) is 5.32 Å². The van der Waals surface area contributed by atoms with E-state index in [1.807, 2.05) is 0 Å². The highest BCUT2D eigenvalue weighted by Gasteiger charge is 2.24. The number of carboxylic acid groups (broad SMARTS) is 1. The number of carbonyl (C=O) groups excluding carboxylic acids is 1. The quantitative estimate of drug-likeness (QED) is 0.780. The van der Waals surface area contributed by atoms with E-state index in [1.165, 1.54) is 0 Å². The first kappa shape index (κ1) is 17.7. The second-order valence-electron chi connectivity index (χ2n) is 6.34. The first-order valence-corrected chi connectivity index (χ1v) is 6.75. The summed E-state index contributed by atoms with van der Waals surface area (Å²) in [6.07, 6.45) is 0.482. The normalized spacial score (nSPS) is 14.9. The number of amides is 1. The van der Waals surface area contributed by atoms with Crippen LogP contribution in [-0.4, -0.2) is 28.8 Å². The second kappa shape index (κ2) is 7.36. The molecule has 0 aliphatic carbocycles. The van der Waals surface area contributed by atoms with Crippen molar-refractivity contribution in [3.8, 4) is 0 Å². The van der Waals surface area contributed by atoms with Crippen molar-refractivity contribution >= 4 is 12.1 Å². The van der Waals surface area contributed by atoms with Crippen LogP contribution in [-0.2, 0) is 9.53 Å². The third-order valence-corrected chi connectivity index (χ3v) is 3.04. The molecule has 0 aromatic rings. The van der Waals surface area contributed by atoms with E-state index in [0.29, 0.717) is 18.3 Å². The van der Waals surface area contributed by atoms with Gasteiger partial charge in [0.25, 0.3) is 0 Å². The molecule has 0 bridgehead atoms. The molecule has 19 heavy (non-hydrogen) atoms. The molecule has 2 atom stereocenters. The molecular formula is C14H27NO4. The van der Waals surface area contributed by atoms with Gasteiger partial charge in [-0.1, -0.05) is 20.8 Å². The number of carboxylic acids is 1. The smallest absolute Gasteiger partial charge is 0.408 e. The first-order chi connectivity index (χ1) is 8.53. The van der Waals surface area contributed by atoms with Gasteiger partial charge in [-0.3, -0.25) is 0 Å². The van der Waals surface area contributed by atoms with Crippen molar-refractivity contribution in [3.05, 3.63) is 0 Å². The maximum Gasteiger partial charge on any atom is 0.408 e. The minimum Gasteiger partial charge on any atom is -0.480 e. The third kappa shape index (κ3) is 8.46. The minimum absolute atomic E-state index is 0.411. The van der Waals surface area contributed by atoms with Crippen molar-refractivity contribution in [3.63, 3.8) is 0 Å². The molecule has 0 saturated heterocycles. The Kier molecular flexibility index (Phi) is 6.87. The van der Waals surface area contributed by atoms with Crippen molar-refractivity contribution < 1.29 is 19.4 Å². The molecular weight excluding hydrogens is 246 g/mol. The maximum absolute atomic E-state index is 11.6. The lowest BCUT2D eigenvalue weighted by Crippen LogP contribution is -2.43. The van der Waals surface area contributed by atoms with Crippen LogP contribution in [0.4, 0.5) is 4.79 Å². The monoisotopic (exact) mass is 273 g/mol. The molecule has 112 valence electrons. The van der Waals surface area contributed by atoms with Crippen LogP contribution in [0.2, 0.25) is 0 Å². The Bertz CT molecular complexity index is 307. The second-order valence-corrected chi connectivity index (χ2v) is 6.34. The van der Waals surface area contributed by atoms with Crippen LogP contribution >= 0.6 is 0 Å². The van der Waals surface area contributed by atoms with Gasteiger partial charge in [0.15, 0.2) is 0 Å². The summed E-state index contributed by atoms with van der Waals surface area (Å²) < 4.78 is 5.06. The van der Waals surface area contributed by atoms with Gasteiger partial charge < -0.3 is 15.2 Å². The Hall–Kier alpha value is -1.26. The average molecular weight is 273 g/mol. The zero-order valence-corrected chi connectivity index (χ0v) is 12.8. The predicted octanol–water partition coefficient (Wildman–Crippen LogP) is 3.04. The van der Waals surface area contributed by atoms with Gasteiger partial charge in [0, 0.05) is 0 Å². The predicted molar refractivity (Wildman–Crippen MR) is 74.0 cm³/mol. The van der Waals surface area contributed by atoms with Gasteiger partial charge in [-0.2, -0.15) is 0 Å². The number of carbonyl (C=O) groups is 2. The summed E-state index contributed by atoms with van der Waals surface area (Å²) in [6.45, 7) is 11.5. The number of hydrogen-bond donors (Lipinski definition) is 2. The molecule has 0 fully saturated rings. The highest BCUT2D eigenvalue weighted by molar-refractivity contribution is 5.79. The van der Waals surface area contributed by atoms with Crippen LogP contribution in [0.5, 0.6) is 0 Å². The summed E-state index contributed by atoms with van der Waals surface area (Å²) in [5, 5.41) is 11.5. The lowest BCUT2D eigenvalue weighted by molar-refractivity contribution is -0.139. The van der Waals surface area contributed by atoms with Gasteiger partial charge in [0.05, 0.1) is 0 Å². The van der Waals surface area contributed by atoms with E-state index in [9.17, 15) is 9.59 Å². The summed E-state index contributed by atoms with van der Waals surface area (Å²) in [5.41, 5.74) is -0.627. The lowest BCUT2D eigenvalue weighted by Gasteiger charge is -2.23. The van der Waals surface area contributed by atoms with Gasteiger partial charge in [0.2, 0.25) is 0 Å². The van der Waals surface area contributed by atoms with E-state index in [-0.39, 0.29) is 0 Å². The van der Waals surface area contributed by atoms with E-state index >= 15 is 0 Å². The molecule has 0 aliphatic heterocycles. The highest BCUT2D eigenvalue weighted by atomic mass is 16.6. The fourth-order valence-corrected chi connectivity index (χ4v) is 1.47. The molecule has 0 unspecified atom stereocenters. The Morgan fingerprint density at radius 3 is 2.05 bits per heavy atom. The Balaban J connectivity index is 4.35. The maximum atomic E-state index is 11.6. The van der Waals surface area contributed by atoms with Gasteiger partial charge >= 0.3 is 12.1 Å². The number of nitrogens with one attached hydrogen (secondary N) is 1. The molecule has 2 N–H and O–H groups in total. The number of alkyl carbamates (subject to hydrolysis) is 1. The summed E-state index contributed by atoms with van der Waals surface area (Å²) in [6, 6.07) is -0.893. The Morgan fingerprint density at radius 2 is 1.68 bits per heavy atom. The van der Waals surface area contributed by atoms with E-state index in [2.05, 4.69) is 26.1 Å². The molecule has 5 heteroatoms. The first-order valence-electron chi connectivity index (χ1n) is 6.75. The fraction of sp³-hybridized carbons (Fsp3) is 0.857. The van der Waals surface area contributed by atoms with Crippen molar-refractivity contribution in [2.75, 3.05) is 0 Å². The molecule has 0 rings (SSSR count). The van der Waals surface area contributed by atoms with Crippen LogP contribution in [0.1, 0.15) is 54.4 Å². The average Bonchev–Trinajstić information content (AvgIpc) is 2.20. The molecule has 0 aliphatic rings. The molecule has 0 saturated carbocycles. The van der Waals surface area contributed by atoms with Gasteiger partial charge in [0.1, 0.15) is 11.6 Å². The molecule has 1 amide bonds. The lowest BCUT2D eigenvalue weighted by atomic mass is 9.91. The summed E-state index contributed by atoms with van der Waals surface area (Å²) >= 11 is 0. The molecule has 5 nitrogen and oxygen atoms in total. The number of hydrogen-bond acceptors (Lipinski definition) is 3. The van der Waals surface area contributed by atoms with Crippen LogP contribution in [0, 0.1) is 11.8 Å². The molecule has 0 heterocycles. The Morgan fingerprint density at radius 1 is 1.16 bits per heavy atom. The van der Waals surface area contributed by atoms with E-state index < -0.39 is 23.7 Å². The van der Waals surface area contributed by atoms with Crippen molar-refractivity contribution in [1.29, 1.82) is 0 Å². The van der Waals surface area contributed by atoms with E-state index in [4.69, 9.17) is 9.84 Å². The van der Waals surface area contributed by atoms with Crippen LogP contribution in [0.15, 0.2) is 0 Å².